The first-order valence-corrected chi connectivity index (χ1v) is 9.75. The van der Waals surface area contributed by atoms with E-state index in [0.29, 0.717) is 11.1 Å². The average molecular weight is 428 g/mol. The molecular formula is C18H18F2N2O6S. The Balaban J connectivity index is 1.89. The SMILES string of the molecule is COc1ccc(CN(C)S(=O)(=O)c2ccc3c(c2)oc(=O)n3C)cc1OC(F)F. The van der Waals surface area contributed by atoms with Crippen molar-refractivity contribution in [3.63, 3.8) is 0 Å². The van der Waals surface area contributed by atoms with Crippen molar-refractivity contribution in [1.29, 1.82) is 0 Å². The van der Waals surface area contributed by atoms with Gasteiger partial charge in [0.1, 0.15) is 0 Å². The molecular weight excluding hydrogens is 410 g/mol. The van der Waals surface area contributed by atoms with Crippen LogP contribution in [0.5, 0.6) is 11.5 Å². The van der Waals surface area contributed by atoms with E-state index in [1.165, 1.54) is 56.1 Å². The molecule has 11 heteroatoms. The summed E-state index contributed by atoms with van der Waals surface area (Å²) in [6.45, 7) is -3.16. The number of sulfonamides is 1. The van der Waals surface area contributed by atoms with Crippen LogP contribution >= 0.6 is 0 Å². The molecule has 0 aliphatic rings. The van der Waals surface area contributed by atoms with Crippen LogP contribution in [0.2, 0.25) is 0 Å². The fourth-order valence-electron chi connectivity index (χ4n) is 2.80. The molecule has 0 N–H and O–H groups in total. The Hall–Kier alpha value is -2.92. The summed E-state index contributed by atoms with van der Waals surface area (Å²) in [5.74, 6) is -0.699. The summed E-state index contributed by atoms with van der Waals surface area (Å²) >= 11 is 0. The van der Waals surface area contributed by atoms with E-state index in [0.717, 1.165) is 4.31 Å². The molecule has 0 bridgehead atoms. The van der Waals surface area contributed by atoms with Crippen molar-refractivity contribution in [2.24, 2.45) is 7.05 Å². The number of oxazole rings is 1. The van der Waals surface area contributed by atoms with E-state index in [1.54, 1.807) is 6.07 Å². The van der Waals surface area contributed by atoms with Crippen LogP contribution in [0.3, 0.4) is 0 Å². The third kappa shape index (κ3) is 4.10. The topological polar surface area (TPSA) is 91.0 Å². The van der Waals surface area contributed by atoms with E-state index in [2.05, 4.69) is 4.74 Å². The van der Waals surface area contributed by atoms with Crippen LogP contribution in [0.4, 0.5) is 8.78 Å². The first-order chi connectivity index (χ1) is 13.6. The van der Waals surface area contributed by atoms with Crippen LogP contribution in [-0.2, 0) is 23.6 Å². The minimum atomic E-state index is -3.94. The van der Waals surface area contributed by atoms with Crippen molar-refractivity contribution in [2.75, 3.05) is 14.2 Å². The molecule has 3 aromatic rings. The molecule has 29 heavy (non-hydrogen) atoms. The summed E-state index contributed by atoms with van der Waals surface area (Å²) in [7, 11) is 0.222. The number of halogens is 2. The van der Waals surface area contributed by atoms with Crippen LogP contribution in [-0.4, -0.2) is 38.1 Å². The van der Waals surface area contributed by atoms with E-state index >= 15 is 0 Å². The highest BCUT2D eigenvalue weighted by Gasteiger charge is 2.23. The maximum absolute atomic E-state index is 12.9. The lowest BCUT2D eigenvalue weighted by molar-refractivity contribution is -0.0512. The lowest BCUT2D eigenvalue weighted by atomic mass is 10.2. The van der Waals surface area contributed by atoms with Gasteiger partial charge in [0.25, 0.3) is 0 Å². The van der Waals surface area contributed by atoms with Gasteiger partial charge in [-0.15, -0.1) is 0 Å². The van der Waals surface area contributed by atoms with Gasteiger partial charge >= 0.3 is 12.4 Å². The summed E-state index contributed by atoms with van der Waals surface area (Å²) in [6.07, 6.45) is 0. The van der Waals surface area contributed by atoms with Crippen LogP contribution in [0.25, 0.3) is 11.1 Å². The third-order valence-corrected chi connectivity index (χ3v) is 6.12. The third-order valence-electron chi connectivity index (χ3n) is 4.32. The first kappa shape index (κ1) is 20.8. The van der Waals surface area contributed by atoms with Gasteiger partial charge in [-0.2, -0.15) is 13.1 Å². The van der Waals surface area contributed by atoms with Crippen LogP contribution in [0.15, 0.2) is 50.5 Å². The standard InChI is InChI=1S/C18H18F2N2O6S/c1-21(10-11-4-7-14(26-3)16(8-11)27-17(19)20)29(24,25)12-5-6-13-15(9-12)28-18(23)22(13)2/h4-9,17H,10H2,1-3H3. The lowest BCUT2D eigenvalue weighted by Crippen LogP contribution is -2.26. The summed E-state index contributed by atoms with van der Waals surface area (Å²) in [5, 5.41) is 0. The van der Waals surface area contributed by atoms with Gasteiger partial charge in [0.15, 0.2) is 17.1 Å². The van der Waals surface area contributed by atoms with Crippen molar-refractivity contribution in [3.8, 4) is 11.5 Å². The van der Waals surface area contributed by atoms with Gasteiger partial charge < -0.3 is 13.9 Å². The number of ether oxygens (including phenoxy) is 2. The van der Waals surface area contributed by atoms with E-state index in [-0.39, 0.29) is 28.5 Å². The molecule has 156 valence electrons. The number of fused-ring (bicyclic) bond motifs is 1. The number of rotatable bonds is 7. The van der Waals surface area contributed by atoms with Gasteiger partial charge in [-0.05, 0) is 29.8 Å². The molecule has 0 amide bonds. The summed E-state index contributed by atoms with van der Waals surface area (Å²) < 4.78 is 67.7. The molecule has 0 aliphatic heterocycles. The van der Waals surface area contributed by atoms with Crippen molar-refractivity contribution in [1.82, 2.24) is 8.87 Å². The average Bonchev–Trinajstić information content (AvgIpc) is 2.95. The number of benzene rings is 2. The molecule has 8 nitrogen and oxygen atoms in total. The smallest absolute Gasteiger partial charge is 0.419 e. The fourth-order valence-corrected chi connectivity index (χ4v) is 3.98. The van der Waals surface area contributed by atoms with Gasteiger partial charge in [-0.1, -0.05) is 6.07 Å². The van der Waals surface area contributed by atoms with E-state index < -0.39 is 22.4 Å². The minimum absolute atomic E-state index is 0.0700. The van der Waals surface area contributed by atoms with Crippen molar-refractivity contribution < 1.29 is 31.1 Å². The maximum Gasteiger partial charge on any atom is 0.419 e. The van der Waals surface area contributed by atoms with Gasteiger partial charge in [0, 0.05) is 26.7 Å². The second-order valence-corrected chi connectivity index (χ2v) is 8.23. The van der Waals surface area contributed by atoms with Gasteiger partial charge in [0.2, 0.25) is 10.0 Å². The molecule has 3 rings (SSSR count). The predicted octanol–water partition coefficient (Wildman–Crippen LogP) is 2.56. The molecule has 0 saturated heterocycles. The molecule has 0 spiro atoms. The summed E-state index contributed by atoms with van der Waals surface area (Å²) in [4.78, 5) is 11.5. The molecule has 2 aromatic carbocycles. The maximum atomic E-state index is 12.9. The molecule has 1 heterocycles. The zero-order valence-electron chi connectivity index (χ0n) is 15.8. The molecule has 1 aromatic heterocycles. The van der Waals surface area contributed by atoms with E-state index in [9.17, 15) is 22.0 Å². The number of hydrogen-bond donors (Lipinski definition) is 0. The van der Waals surface area contributed by atoms with Crippen molar-refractivity contribution in [2.45, 2.75) is 18.1 Å². The molecule has 0 atom stereocenters. The Kier molecular flexibility index (Phi) is 5.62. The number of methoxy groups -OCH3 is 1. The molecule has 0 fully saturated rings. The van der Waals surface area contributed by atoms with Gasteiger partial charge in [0.05, 0.1) is 17.5 Å². The van der Waals surface area contributed by atoms with Crippen LogP contribution in [0, 0.1) is 0 Å². The van der Waals surface area contributed by atoms with Gasteiger partial charge in [-0.3, -0.25) is 4.57 Å². The number of aromatic nitrogens is 1. The van der Waals surface area contributed by atoms with E-state index in [1.807, 2.05) is 0 Å². The Morgan fingerprint density at radius 2 is 1.90 bits per heavy atom. The number of nitrogens with zero attached hydrogens (tertiary/aromatic N) is 2. The van der Waals surface area contributed by atoms with Crippen molar-refractivity contribution >= 4 is 21.1 Å². The zero-order valence-corrected chi connectivity index (χ0v) is 16.6. The zero-order chi connectivity index (χ0) is 21.3. The van der Waals surface area contributed by atoms with Crippen molar-refractivity contribution in [3.05, 3.63) is 52.5 Å². The second kappa shape index (κ2) is 7.84. The normalized spacial score (nSPS) is 12.1. The molecule has 0 saturated carbocycles. The lowest BCUT2D eigenvalue weighted by Gasteiger charge is -2.18. The quantitative estimate of drug-likeness (QED) is 0.575. The highest BCUT2D eigenvalue weighted by Crippen LogP contribution is 2.30. The fraction of sp³-hybridized carbons (Fsp3) is 0.278. The monoisotopic (exact) mass is 428 g/mol. The number of alkyl halides is 2. The van der Waals surface area contributed by atoms with E-state index in [4.69, 9.17) is 9.15 Å². The number of hydrogen-bond acceptors (Lipinski definition) is 6. The largest absolute Gasteiger partial charge is 0.493 e. The summed E-state index contributed by atoms with van der Waals surface area (Å²) in [5.41, 5.74) is 1.02. The predicted molar refractivity (Wildman–Crippen MR) is 99.7 cm³/mol. The highest BCUT2D eigenvalue weighted by molar-refractivity contribution is 7.89. The second-order valence-electron chi connectivity index (χ2n) is 6.18. The summed E-state index contributed by atoms with van der Waals surface area (Å²) in [6, 6.07) is 8.35. The molecule has 0 unspecified atom stereocenters. The Labute approximate surface area is 164 Å². The minimum Gasteiger partial charge on any atom is -0.493 e. The van der Waals surface area contributed by atoms with Crippen LogP contribution < -0.4 is 15.2 Å². The Morgan fingerprint density at radius 1 is 1.17 bits per heavy atom. The van der Waals surface area contributed by atoms with Gasteiger partial charge in [-0.25, -0.2) is 13.2 Å². The number of aryl methyl sites for hydroxylation is 1. The first-order valence-electron chi connectivity index (χ1n) is 8.31. The molecule has 0 radical (unpaired) electrons. The Morgan fingerprint density at radius 3 is 2.55 bits per heavy atom. The Bertz CT molecular complexity index is 1200. The molecule has 0 aliphatic carbocycles. The highest BCUT2D eigenvalue weighted by atomic mass is 32.2. The van der Waals surface area contributed by atoms with Crippen LogP contribution in [0.1, 0.15) is 5.56 Å².